The van der Waals surface area contributed by atoms with Crippen LogP contribution in [0.15, 0.2) is 42.6 Å². The molecule has 0 saturated carbocycles. The van der Waals surface area contributed by atoms with Gasteiger partial charge >= 0.3 is 5.97 Å². The van der Waals surface area contributed by atoms with Crippen LogP contribution in [-0.2, 0) is 6.61 Å². The fourth-order valence-electron chi connectivity index (χ4n) is 1.44. The first-order valence-electron chi connectivity index (χ1n) is 5.26. The Balaban J connectivity index is 2.28. The van der Waals surface area contributed by atoms with E-state index in [1.54, 1.807) is 24.3 Å². The third kappa shape index (κ3) is 2.64. The first kappa shape index (κ1) is 12.1. The molecule has 0 unspecified atom stereocenters. The number of aromatic carboxylic acids is 1. The van der Waals surface area contributed by atoms with E-state index in [0.717, 1.165) is 0 Å². The molecule has 92 valence electrons. The minimum absolute atomic E-state index is 0.0986. The number of aromatic nitrogens is 1. The zero-order chi connectivity index (χ0) is 13.0. The number of pyridine rings is 1. The van der Waals surface area contributed by atoms with Crippen LogP contribution in [0.25, 0.3) is 0 Å². The standard InChI is InChI=1S/C13H11NO4/c15-8-10-3-1-2-4-11(10)18-12-7-9(13(16)17)5-6-14-12/h1-7,15H,8H2,(H,16,17). The van der Waals surface area contributed by atoms with Crippen molar-refractivity contribution in [3.05, 3.63) is 53.7 Å². The molecular weight excluding hydrogens is 234 g/mol. The van der Waals surface area contributed by atoms with Crippen molar-refractivity contribution in [2.75, 3.05) is 0 Å². The number of para-hydroxylation sites is 1. The van der Waals surface area contributed by atoms with Crippen LogP contribution in [0.3, 0.4) is 0 Å². The molecule has 0 spiro atoms. The van der Waals surface area contributed by atoms with Crippen LogP contribution >= 0.6 is 0 Å². The van der Waals surface area contributed by atoms with E-state index in [9.17, 15) is 4.79 Å². The normalized spacial score (nSPS) is 10.1. The summed E-state index contributed by atoms with van der Waals surface area (Å²) in [5.41, 5.74) is 0.710. The fraction of sp³-hybridized carbons (Fsp3) is 0.0769. The van der Waals surface area contributed by atoms with E-state index >= 15 is 0 Å². The van der Waals surface area contributed by atoms with Gasteiger partial charge in [-0.3, -0.25) is 0 Å². The molecule has 1 aromatic carbocycles. The summed E-state index contributed by atoms with van der Waals surface area (Å²) < 4.78 is 5.46. The molecule has 2 N–H and O–H groups in total. The summed E-state index contributed by atoms with van der Waals surface area (Å²) in [5.74, 6) is -0.413. The predicted molar refractivity (Wildman–Crippen MR) is 63.6 cm³/mol. The van der Waals surface area contributed by atoms with E-state index in [-0.39, 0.29) is 18.1 Å². The number of hydrogen-bond acceptors (Lipinski definition) is 4. The SMILES string of the molecule is O=C(O)c1ccnc(Oc2ccccc2CO)c1. The number of aliphatic hydroxyl groups excluding tert-OH is 1. The molecule has 0 aliphatic carbocycles. The number of carboxylic acid groups (broad SMARTS) is 1. The number of hydrogen-bond donors (Lipinski definition) is 2. The average molecular weight is 245 g/mol. The second-order valence-corrected chi connectivity index (χ2v) is 3.56. The number of ether oxygens (including phenoxy) is 1. The van der Waals surface area contributed by atoms with E-state index in [0.29, 0.717) is 11.3 Å². The fourth-order valence-corrected chi connectivity index (χ4v) is 1.44. The number of carbonyl (C=O) groups is 1. The van der Waals surface area contributed by atoms with Crippen LogP contribution in [0.5, 0.6) is 11.6 Å². The van der Waals surface area contributed by atoms with Crippen LogP contribution in [0, 0.1) is 0 Å². The summed E-state index contributed by atoms with van der Waals surface area (Å²) in [6.45, 7) is -0.158. The third-order valence-electron chi connectivity index (χ3n) is 2.34. The Morgan fingerprint density at radius 3 is 2.78 bits per heavy atom. The number of nitrogens with zero attached hydrogens (tertiary/aromatic N) is 1. The van der Waals surface area contributed by atoms with Gasteiger partial charge in [-0.2, -0.15) is 0 Å². The van der Waals surface area contributed by atoms with E-state index in [4.69, 9.17) is 14.9 Å². The molecule has 5 heteroatoms. The van der Waals surface area contributed by atoms with Gasteiger partial charge in [-0.05, 0) is 12.1 Å². The highest BCUT2D eigenvalue weighted by Crippen LogP contribution is 2.24. The number of carboxylic acids is 1. The van der Waals surface area contributed by atoms with Gasteiger partial charge in [0.15, 0.2) is 0 Å². The highest BCUT2D eigenvalue weighted by atomic mass is 16.5. The zero-order valence-corrected chi connectivity index (χ0v) is 9.41. The van der Waals surface area contributed by atoms with Crippen LogP contribution in [0.1, 0.15) is 15.9 Å². The Morgan fingerprint density at radius 1 is 1.28 bits per heavy atom. The van der Waals surface area contributed by atoms with Crippen molar-refractivity contribution >= 4 is 5.97 Å². The lowest BCUT2D eigenvalue weighted by Crippen LogP contribution is -1.98. The molecule has 0 amide bonds. The maximum absolute atomic E-state index is 10.8. The van der Waals surface area contributed by atoms with Crippen molar-refractivity contribution in [2.45, 2.75) is 6.61 Å². The first-order chi connectivity index (χ1) is 8.70. The molecule has 1 heterocycles. The second kappa shape index (κ2) is 5.29. The number of rotatable bonds is 4. The average Bonchev–Trinajstić information content (AvgIpc) is 2.39. The van der Waals surface area contributed by atoms with Crippen molar-refractivity contribution in [2.24, 2.45) is 0 Å². The first-order valence-corrected chi connectivity index (χ1v) is 5.26. The lowest BCUT2D eigenvalue weighted by Gasteiger charge is -2.08. The number of benzene rings is 1. The van der Waals surface area contributed by atoms with Gasteiger partial charge < -0.3 is 14.9 Å². The molecule has 0 aliphatic heterocycles. The molecule has 0 saturated heterocycles. The van der Waals surface area contributed by atoms with Gasteiger partial charge in [-0.15, -0.1) is 0 Å². The van der Waals surface area contributed by atoms with Gasteiger partial charge in [-0.1, -0.05) is 18.2 Å². The van der Waals surface area contributed by atoms with E-state index < -0.39 is 5.97 Å². The van der Waals surface area contributed by atoms with E-state index in [2.05, 4.69) is 4.98 Å². The molecular formula is C13H11NO4. The van der Waals surface area contributed by atoms with Crippen molar-refractivity contribution in [3.8, 4) is 11.6 Å². The highest BCUT2D eigenvalue weighted by Gasteiger charge is 2.07. The Morgan fingerprint density at radius 2 is 2.06 bits per heavy atom. The summed E-state index contributed by atoms with van der Waals surface area (Å²) in [4.78, 5) is 14.7. The molecule has 18 heavy (non-hydrogen) atoms. The summed E-state index contributed by atoms with van der Waals surface area (Å²) in [6, 6.07) is 9.65. The molecule has 0 atom stereocenters. The molecule has 0 radical (unpaired) electrons. The largest absolute Gasteiger partial charge is 0.478 e. The van der Waals surface area contributed by atoms with Crippen LogP contribution in [0.2, 0.25) is 0 Å². The lowest BCUT2D eigenvalue weighted by molar-refractivity contribution is 0.0696. The summed E-state index contributed by atoms with van der Waals surface area (Å²) in [5, 5.41) is 18.0. The summed E-state index contributed by atoms with van der Waals surface area (Å²) >= 11 is 0. The van der Waals surface area contributed by atoms with E-state index in [1.807, 2.05) is 0 Å². The molecule has 0 fully saturated rings. The molecule has 1 aromatic heterocycles. The zero-order valence-electron chi connectivity index (χ0n) is 9.41. The van der Waals surface area contributed by atoms with Crippen LogP contribution in [0.4, 0.5) is 0 Å². The lowest BCUT2D eigenvalue weighted by atomic mass is 10.2. The minimum Gasteiger partial charge on any atom is -0.478 e. The molecule has 5 nitrogen and oxygen atoms in total. The van der Waals surface area contributed by atoms with Crippen molar-refractivity contribution < 1.29 is 19.7 Å². The number of aliphatic hydroxyl groups is 1. The Kier molecular flexibility index (Phi) is 3.54. The summed E-state index contributed by atoms with van der Waals surface area (Å²) in [6.07, 6.45) is 1.36. The summed E-state index contributed by atoms with van der Waals surface area (Å²) in [7, 11) is 0. The topological polar surface area (TPSA) is 79.7 Å². The van der Waals surface area contributed by atoms with Gasteiger partial charge in [-0.25, -0.2) is 9.78 Å². The highest BCUT2D eigenvalue weighted by molar-refractivity contribution is 5.87. The monoisotopic (exact) mass is 245 g/mol. The van der Waals surface area contributed by atoms with Crippen LogP contribution in [-0.4, -0.2) is 21.2 Å². The Bertz CT molecular complexity index is 568. The molecule has 2 aromatic rings. The maximum atomic E-state index is 10.8. The Hall–Kier alpha value is -2.40. The van der Waals surface area contributed by atoms with Crippen LogP contribution < -0.4 is 4.74 Å². The van der Waals surface area contributed by atoms with Gasteiger partial charge in [0.05, 0.1) is 12.2 Å². The Labute approximate surface area is 103 Å². The third-order valence-corrected chi connectivity index (χ3v) is 2.34. The predicted octanol–water partition coefficient (Wildman–Crippen LogP) is 2.06. The van der Waals surface area contributed by atoms with Gasteiger partial charge in [0.25, 0.3) is 0 Å². The quantitative estimate of drug-likeness (QED) is 0.861. The van der Waals surface area contributed by atoms with Gasteiger partial charge in [0, 0.05) is 17.8 Å². The van der Waals surface area contributed by atoms with Crippen molar-refractivity contribution in [1.29, 1.82) is 0 Å². The minimum atomic E-state index is -1.04. The van der Waals surface area contributed by atoms with Crippen molar-refractivity contribution in [1.82, 2.24) is 4.98 Å². The van der Waals surface area contributed by atoms with E-state index in [1.165, 1.54) is 18.3 Å². The van der Waals surface area contributed by atoms with Gasteiger partial charge in [0.2, 0.25) is 5.88 Å². The molecule has 0 aliphatic rings. The molecule has 0 bridgehead atoms. The molecule has 2 rings (SSSR count). The second-order valence-electron chi connectivity index (χ2n) is 3.56. The van der Waals surface area contributed by atoms with Crippen molar-refractivity contribution in [3.63, 3.8) is 0 Å². The smallest absolute Gasteiger partial charge is 0.335 e. The van der Waals surface area contributed by atoms with Gasteiger partial charge in [0.1, 0.15) is 5.75 Å². The maximum Gasteiger partial charge on any atom is 0.335 e.